The number of rotatable bonds is 2. The summed E-state index contributed by atoms with van der Waals surface area (Å²) in [7, 11) is 0. The van der Waals surface area contributed by atoms with Gasteiger partial charge in [0.1, 0.15) is 0 Å². The van der Waals surface area contributed by atoms with Gasteiger partial charge >= 0.3 is 5.97 Å². The van der Waals surface area contributed by atoms with Gasteiger partial charge in [0.2, 0.25) is 5.91 Å². The third-order valence-electron chi connectivity index (χ3n) is 1.84. The largest absolute Gasteiger partial charge is 0.478 e. The van der Waals surface area contributed by atoms with E-state index >= 15 is 0 Å². The number of hydrogen-bond donors (Lipinski definition) is 2. The Morgan fingerprint density at radius 2 is 2.08 bits per heavy atom. The van der Waals surface area contributed by atoms with Crippen molar-refractivity contribution in [1.29, 1.82) is 0 Å². The van der Waals surface area contributed by atoms with Gasteiger partial charge in [-0.3, -0.25) is 4.79 Å². The lowest BCUT2D eigenvalue weighted by Crippen LogP contribution is -2.27. The summed E-state index contributed by atoms with van der Waals surface area (Å²) in [5.74, 6) is -1.51. The maximum absolute atomic E-state index is 11.2. The van der Waals surface area contributed by atoms with E-state index in [4.69, 9.17) is 10.2 Å². The van der Waals surface area contributed by atoms with E-state index in [1.54, 1.807) is 0 Å². The fourth-order valence-corrected chi connectivity index (χ4v) is 1.19. The molecule has 0 aliphatic carbocycles. The van der Waals surface area contributed by atoms with Crippen molar-refractivity contribution in [2.75, 3.05) is 13.1 Å². The van der Waals surface area contributed by atoms with Gasteiger partial charge in [0.25, 0.3) is 0 Å². The molecule has 0 radical (unpaired) electrons. The van der Waals surface area contributed by atoms with Crippen molar-refractivity contribution in [1.82, 2.24) is 4.90 Å². The molecule has 1 amide bonds. The van der Waals surface area contributed by atoms with Crippen LogP contribution in [0.15, 0.2) is 12.2 Å². The molecule has 1 fully saturated rings. The van der Waals surface area contributed by atoms with Gasteiger partial charge < -0.3 is 15.1 Å². The molecule has 0 bridgehead atoms. The number of carboxylic acids is 1. The third-order valence-corrected chi connectivity index (χ3v) is 1.84. The van der Waals surface area contributed by atoms with Crippen molar-refractivity contribution >= 4 is 11.9 Å². The molecule has 1 unspecified atom stereocenters. The molecular weight excluding hydrogens is 174 g/mol. The maximum Gasteiger partial charge on any atom is 0.328 e. The summed E-state index contributed by atoms with van der Waals surface area (Å²) < 4.78 is 0. The molecule has 1 heterocycles. The van der Waals surface area contributed by atoms with Crippen LogP contribution in [0.25, 0.3) is 0 Å². The smallest absolute Gasteiger partial charge is 0.328 e. The molecule has 13 heavy (non-hydrogen) atoms. The average Bonchev–Trinajstić information content (AvgIpc) is 2.47. The average molecular weight is 185 g/mol. The summed E-state index contributed by atoms with van der Waals surface area (Å²) in [6.07, 6.45) is 1.89. The lowest BCUT2D eigenvalue weighted by molar-refractivity contribution is -0.132. The Kier molecular flexibility index (Phi) is 3.02. The van der Waals surface area contributed by atoms with Gasteiger partial charge in [0, 0.05) is 25.2 Å². The second kappa shape index (κ2) is 4.04. The molecule has 1 atom stereocenters. The zero-order valence-electron chi connectivity index (χ0n) is 7.01. The van der Waals surface area contributed by atoms with Gasteiger partial charge in [0.05, 0.1) is 6.10 Å². The molecule has 2 N–H and O–H groups in total. The first-order valence-corrected chi connectivity index (χ1v) is 3.97. The van der Waals surface area contributed by atoms with Crippen LogP contribution >= 0.6 is 0 Å². The van der Waals surface area contributed by atoms with E-state index in [2.05, 4.69) is 0 Å². The first-order chi connectivity index (χ1) is 6.09. The van der Waals surface area contributed by atoms with Gasteiger partial charge in [-0.05, 0) is 6.42 Å². The molecule has 1 rings (SSSR count). The quantitative estimate of drug-likeness (QED) is 0.553. The topological polar surface area (TPSA) is 77.8 Å². The zero-order chi connectivity index (χ0) is 9.84. The Hall–Kier alpha value is -1.36. The van der Waals surface area contributed by atoms with Crippen LogP contribution in [0.1, 0.15) is 6.42 Å². The minimum absolute atomic E-state index is 0.294. The summed E-state index contributed by atoms with van der Waals surface area (Å²) in [6, 6.07) is 0. The van der Waals surface area contributed by atoms with E-state index in [0.29, 0.717) is 19.5 Å². The fourth-order valence-electron chi connectivity index (χ4n) is 1.19. The summed E-state index contributed by atoms with van der Waals surface area (Å²) >= 11 is 0. The molecule has 1 aliphatic rings. The van der Waals surface area contributed by atoms with Crippen molar-refractivity contribution in [3.05, 3.63) is 12.2 Å². The minimum atomic E-state index is -1.15. The van der Waals surface area contributed by atoms with Crippen LogP contribution in [0.3, 0.4) is 0 Å². The van der Waals surface area contributed by atoms with Gasteiger partial charge in [-0.25, -0.2) is 4.79 Å². The molecule has 1 saturated heterocycles. The number of hydrogen-bond acceptors (Lipinski definition) is 3. The van der Waals surface area contributed by atoms with Gasteiger partial charge in [-0.2, -0.15) is 0 Å². The van der Waals surface area contributed by atoms with Crippen LogP contribution in [0.4, 0.5) is 0 Å². The number of amides is 1. The molecule has 0 spiro atoms. The van der Waals surface area contributed by atoms with Crippen molar-refractivity contribution in [3.63, 3.8) is 0 Å². The van der Waals surface area contributed by atoms with Gasteiger partial charge in [-0.1, -0.05) is 0 Å². The molecule has 72 valence electrons. The van der Waals surface area contributed by atoms with Crippen LogP contribution in [-0.4, -0.2) is 46.2 Å². The molecule has 0 aromatic rings. The minimum Gasteiger partial charge on any atom is -0.478 e. The number of aliphatic hydroxyl groups excluding tert-OH is 1. The number of nitrogens with zero attached hydrogens (tertiary/aromatic N) is 1. The Labute approximate surface area is 75.3 Å². The van der Waals surface area contributed by atoms with E-state index in [1.165, 1.54) is 4.90 Å². The number of aliphatic carboxylic acids is 1. The standard InChI is InChI=1S/C8H11NO4/c10-6-3-4-9(5-6)7(11)1-2-8(12)13/h1-2,6,10H,3-5H2,(H,12,13)/b2-1+. The van der Waals surface area contributed by atoms with Crippen LogP contribution in [0.2, 0.25) is 0 Å². The molecular formula is C8H11NO4. The predicted molar refractivity (Wildman–Crippen MR) is 44.0 cm³/mol. The van der Waals surface area contributed by atoms with Crippen LogP contribution in [0.5, 0.6) is 0 Å². The second-order valence-electron chi connectivity index (χ2n) is 2.90. The number of aliphatic hydroxyl groups is 1. The Morgan fingerprint density at radius 3 is 2.54 bits per heavy atom. The van der Waals surface area contributed by atoms with Crippen LogP contribution < -0.4 is 0 Å². The van der Waals surface area contributed by atoms with E-state index in [-0.39, 0.29) is 5.91 Å². The van der Waals surface area contributed by atoms with E-state index in [9.17, 15) is 9.59 Å². The van der Waals surface area contributed by atoms with E-state index < -0.39 is 12.1 Å². The summed E-state index contributed by atoms with van der Waals surface area (Å²) in [5.41, 5.74) is 0. The van der Waals surface area contributed by atoms with E-state index in [0.717, 1.165) is 12.2 Å². The van der Waals surface area contributed by atoms with Crippen molar-refractivity contribution in [2.45, 2.75) is 12.5 Å². The van der Waals surface area contributed by atoms with E-state index in [1.807, 2.05) is 0 Å². The number of carbonyl (C=O) groups is 2. The molecule has 5 nitrogen and oxygen atoms in total. The Bertz CT molecular complexity index is 249. The lowest BCUT2D eigenvalue weighted by Gasteiger charge is -2.11. The normalized spacial score (nSPS) is 22.5. The number of carbonyl (C=O) groups excluding carboxylic acids is 1. The predicted octanol–water partition coefficient (Wildman–Crippen LogP) is -0.780. The zero-order valence-corrected chi connectivity index (χ0v) is 7.01. The first-order valence-electron chi connectivity index (χ1n) is 3.97. The lowest BCUT2D eigenvalue weighted by atomic mass is 10.3. The first kappa shape index (κ1) is 9.73. The highest BCUT2D eigenvalue weighted by atomic mass is 16.4. The van der Waals surface area contributed by atoms with Gasteiger partial charge in [-0.15, -0.1) is 0 Å². The van der Waals surface area contributed by atoms with Gasteiger partial charge in [0.15, 0.2) is 0 Å². The SMILES string of the molecule is O=C(O)/C=C/C(=O)N1CCC(O)C1. The van der Waals surface area contributed by atoms with Crippen molar-refractivity contribution < 1.29 is 19.8 Å². The number of carboxylic acid groups (broad SMARTS) is 1. The Morgan fingerprint density at radius 1 is 1.38 bits per heavy atom. The molecule has 5 heteroatoms. The number of β-amino-alcohol motifs (C(OH)–C–C–N with tert-alkyl or cyclic N) is 1. The fraction of sp³-hybridized carbons (Fsp3) is 0.500. The summed E-state index contributed by atoms with van der Waals surface area (Å²) in [4.78, 5) is 22.7. The molecule has 0 aromatic carbocycles. The highest BCUT2D eigenvalue weighted by molar-refractivity contribution is 5.94. The maximum atomic E-state index is 11.2. The molecule has 0 saturated carbocycles. The third kappa shape index (κ3) is 2.87. The second-order valence-corrected chi connectivity index (χ2v) is 2.90. The van der Waals surface area contributed by atoms with Crippen LogP contribution in [0, 0.1) is 0 Å². The molecule has 0 aromatic heterocycles. The van der Waals surface area contributed by atoms with Crippen LogP contribution in [-0.2, 0) is 9.59 Å². The molecule has 1 aliphatic heterocycles. The highest BCUT2D eigenvalue weighted by Gasteiger charge is 2.22. The summed E-state index contributed by atoms with van der Waals surface area (Å²) in [5, 5.41) is 17.3. The monoisotopic (exact) mass is 185 g/mol. The Balaban J connectivity index is 2.44. The number of likely N-dealkylation sites (tertiary alicyclic amines) is 1. The highest BCUT2D eigenvalue weighted by Crippen LogP contribution is 2.08. The van der Waals surface area contributed by atoms with Crippen molar-refractivity contribution in [3.8, 4) is 0 Å². The summed E-state index contributed by atoms with van der Waals surface area (Å²) in [6.45, 7) is 0.784. The van der Waals surface area contributed by atoms with Crippen molar-refractivity contribution in [2.24, 2.45) is 0 Å².